The first kappa shape index (κ1) is 23.1. The topological polar surface area (TPSA) is 61.6 Å². The number of nitrogens with zero attached hydrogens (tertiary/aromatic N) is 3. The van der Waals surface area contributed by atoms with Crippen molar-refractivity contribution in [3.05, 3.63) is 52.8 Å². The number of hydrogen-bond acceptors (Lipinski definition) is 4. The van der Waals surface area contributed by atoms with Gasteiger partial charge in [-0.05, 0) is 67.1 Å². The van der Waals surface area contributed by atoms with Gasteiger partial charge in [0, 0.05) is 12.7 Å². The number of nitrogens with one attached hydrogen (secondary N) is 1. The fourth-order valence-electron chi connectivity index (χ4n) is 4.33. The molecule has 1 saturated carbocycles. The van der Waals surface area contributed by atoms with Gasteiger partial charge in [-0.15, -0.1) is 0 Å². The van der Waals surface area contributed by atoms with Crippen molar-refractivity contribution >= 4 is 5.95 Å². The Labute approximate surface area is 181 Å². The molecule has 0 amide bonds. The van der Waals surface area contributed by atoms with Crippen molar-refractivity contribution in [2.45, 2.75) is 59.1 Å². The maximum atomic E-state index is 13.6. The van der Waals surface area contributed by atoms with Crippen molar-refractivity contribution in [1.29, 1.82) is 5.26 Å². The van der Waals surface area contributed by atoms with Gasteiger partial charge in [0.25, 0.3) is 0 Å². The van der Waals surface area contributed by atoms with Gasteiger partial charge in [0.2, 0.25) is 5.95 Å². The van der Waals surface area contributed by atoms with Gasteiger partial charge in [-0.1, -0.05) is 32.9 Å². The predicted octanol–water partition coefficient (Wildman–Crippen LogP) is 6.03. The highest BCUT2D eigenvalue weighted by Gasteiger charge is 2.38. The Bertz CT molecular complexity index is 929. The summed E-state index contributed by atoms with van der Waals surface area (Å²) < 4.78 is 40.7. The molecule has 2 atom stereocenters. The minimum absolute atomic E-state index is 0.0822. The SMILES string of the molecule is C[C@H]1CC[C@@H](Cc2nc(NCCc3ccc(C#N)cc3)ncc2C(F)(F)F)CC1(C)C. The van der Waals surface area contributed by atoms with E-state index in [2.05, 4.69) is 42.1 Å². The van der Waals surface area contributed by atoms with Gasteiger partial charge in [-0.3, -0.25) is 0 Å². The average molecular weight is 431 g/mol. The Morgan fingerprint density at radius 1 is 1.19 bits per heavy atom. The predicted molar refractivity (Wildman–Crippen MR) is 114 cm³/mol. The number of alkyl halides is 3. The fraction of sp³-hybridized carbons (Fsp3) is 0.542. The number of hydrogen-bond donors (Lipinski definition) is 1. The van der Waals surface area contributed by atoms with Gasteiger partial charge in [-0.2, -0.15) is 18.4 Å². The maximum Gasteiger partial charge on any atom is 0.419 e. The summed E-state index contributed by atoms with van der Waals surface area (Å²) in [7, 11) is 0. The van der Waals surface area contributed by atoms with Crippen LogP contribution in [0.2, 0.25) is 0 Å². The highest BCUT2D eigenvalue weighted by atomic mass is 19.4. The molecule has 1 aromatic carbocycles. The summed E-state index contributed by atoms with van der Waals surface area (Å²) in [5.74, 6) is 0.976. The Hall–Kier alpha value is -2.62. The van der Waals surface area contributed by atoms with Crippen molar-refractivity contribution in [3.63, 3.8) is 0 Å². The maximum absolute atomic E-state index is 13.6. The van der Waals surface area contributed by atoms with E-state index in [0.29, 0.717) is 30.9 Å². The second-order valence-corrected chi connectivity index (χ2v) is 9.28. The van der Waals surface area contributed by atoms with Crippen molar-refractivity contribution in [2.75, 3.05) is 11.9 Å². The number of benzene rings is 1. The summed E-state index contributed by atoms with van der Waals surface area (Å²) in [6, 6.07) is 9.29. The average Bonchev–Trinajstić information content (AvgIpc) is 2.70. The molecule has 2 aromatic rings. The first-order valence-corrected chi connectivity index (χ1v) is 10.7. The monoisotopic (exact) mass is 430 g/mol. The molecule has 0 radical (unpaired) electrons. The van der Waals surface area contributed by atoms with E-state index in [0.717, 1.165) is 31.0 Å². The summed E-state index contributed by atoms with van der Waals surface area (Å²) >= 11 is 0. The first-order chi connectivity index (χ1) is 14.6. The Morgan fingerprint density at radius 2 is 1.90 bits per heavy atom. The summed E-state index contributed by atoms with van der Waals surface area (Å²) in [4.78, 5) is 8.19. The molecule has 1 N–H and O–H groups in total. The molecular weight excluding hydrogens is 401 g/mol. The Balaban J connectivity index is 1.70. The molecule has 7 heteroatoms. The molecule has 0 spiro atoms. The van der Waals surface area contributed by atoms with E-state index < -0.39 is 11.7 Å². The van der Waals surface area contributed by atoms with Gasteiger partial charge in [-0.25, -0.2) is 9.97 Å². The van der Waals surface area contributed by atoms with Crippen LogP contribution in [0.1, 0.15) is 62.4 Å². The lowest BCUT2D eigenvalue weighted by molar-refractivity contribution is -0.138. The number of nitriles is 1. The highest BCUT2D eigenvalue weighted by Crippen LogP contribution is 2.44. The molecule has 0 unspecified atom stereocenters. The van der Waals surface area contributed by atoms with E-state index in [-0.39, 0.29) is 23.0 Å². The van der Waals surface area contributed by atoms with Crippen LogP contribution in [0, 0.1) is 28.6 Å². The van der Waals surface area contributed by atoms with Crippen molar-refractivity contribution in [1.82, 2.24) is 9.97 Å². The van der Waals surface area contributed by atoms with Crippen LogP contribution in [0.25, 0.3) is 0 Å². The van der Waals surface area contributed by atoms with Crippen LogP contribution in [-0.4, -0.2) is 16.5 Å². The number of anilines is 1. The summed E-state index contributed by atoms with van der Waals surface area (Å²) in [6.45, 7) is 7.11. The van der Waals surface area contributed by atoms with Crippen molar-refractivity contribution in [3.8, 4) is 6.07 Å². The molecule has 1 aliphatic carbocycles. The van der Waals surface area contributed by atoms with Gasteiger partial charge in [0.05, 0.1) is 22.9 Å². The fourth-order valence-corrected chi connectivity index (χ4v) is 4.33. The van der Waals surface area contributed by atoms with Crippen LogP contribution in [0.3, 0.4) is 0 Å². The molecule has 1 aromatic heterocycles. The molecule has 0 bridgehead atoms. The summed E-state index contributed by atoms with van der Waals surface area (Å²) in [6.07, 6.45) is 0.263. The smallest absolute Gasteiger partial charge is 0.354 e. The molecule has 1 aliphatic rings. The van der Waals surface area contributed by atoms with E-state index in [1.54, 1.807) is 12.1 Å². The molecular formula is C24H29F3N4. The minimum atomic E-state index is -4.46. The quantitative estimate of drug-likeness (QED) is 0.608. The number of rotatable bonds is 6. The molecule has 31 heavy (non-hydrogen) atoms. The molecule has 1 heterocycles. The third-order valence-corrected chi connectivity index (χ3v) is 6.59. The molecule has 166 valence electrons. The van der Waals surface area contributed by atoms with Gasteiger partial charge >= 0.3 is 6.18 Å². The van der Waals surface area contributed by atoms with Crippen molar-refractivity contribution in [2.24, 2.45) is 17.3 Å². The Morgan fingerprint density at radius 3 is 2.52 bits per heavy atom. The van der Waals surface area contributed by atoms with Crippen LogP contribution in [0.5, 0.6) is 0 Å². The van der Waals surface area contributed by atoms with E-state index in [9.17, 15) is 13.2 Å². The van der Waals surface area contributed by atoms with E-state index in [1.165, 1.54) is 0 Å². The minimum Gasteiger partial charge on any atom is -0.354 e. The second kappa shape index (κ2) is 9.25. The van der Waals surface area contributed by atoms with Gasteiger partial charge in [0.15, 0.2) is 0 Å². The van der Waals surface area contributed by atoms with Crippen LogP contribution < -0.4 is 5.32 Å². The highest BCUT2D eigenvalue weighted by molar-refractivity contribution is 5.34. The molecule has 4 nitrogen and oxygen atoms in total. The lowest BCUT2D eigenvalue weighted by Crippen LogP contribution is -2.31. The largest absolute Gasteiger partial charge is 0.419 e. The second-order valence-electron chi connectivity index (χ2n) is 9.28. The zero-order chi connectivity index (χ0) is 22.6. The van der Waals surface area contributed by atoms with Gasteiger partial charge in [0.1, 0.15) is 0 Å². The number of aromatic nitrogens is 2. The van der Waals surface area contributed by atoms with Gasteiger partial charge < -0.3 is 5.32 Å². The molecule has 0 aliphatic heterocycles. The van der Waals surface area contributed by atoms with Crippen molar-refractivity contribution < 1.29 is 13.2 Å². The van der Waals surface area contributed by atoms with E-state index >= 15 is 0 Å². The normalized spacial score (nSPS) is 20.8. The molecule has 0 saturated heterocycles. The molecule has 1 fully saturated rings. The standard InChI is InChI=1S/C24H29F3N4/c1-16-4-5-19(13-23(16,2)3)12-21-20(24(25,26)27)15-30-22(31-21)29-11-10-17-6-8-18(14-28)9-7-17/h6-9,15-16,19H,4-5,10-13H2,1-3H3,(H,29,30,31)/t16-,19-/m0/s1. The van der Waals surface area contributed by atoms with E-state index in [1.807, 2.05) is 12.1 Å². The van der Waals surface area contributed by atoms with Crippen LogP contribution in [0.4, 0.5) is 19.1 Å². The zero-order valence-corrected chi connectivity index (χ0v) is 18.3. The van der Waals surface area contributed by atoms with Crippen LogP contribution >= 0.6 is 0 Å². The summed E-state index contributed by atoms with van der Waals surface area (Å²) in [5.41, 5.74) is 1.08. The summed E-state index contributed by atoms with van der Waals surface area (Å²) in [5, 5.41) is 11.9. The third-order valence-electron chi connectivity index (χ3n) is 6.59. The Kier molecular flexibility index (Phi) is 6.88. The lowest BCUT2D eigenvalue weighted by Gasteiger charge is -2.41. The lowest BCUT2D eigenvalue weighted by atomic mass is 9.65. The number of halogens is 3. The van der Waals surface area contributed by atoms with E-state index in [4.69, 9.17) is 5.26 Å². The molecule has 3 rings (SSSR count). The van der Waals surface area contributed by atoms with Crippen LogP contribution in [0.15, 0.2) is 30.5 Å². The zero-order valence-electron chi connectivity index (χ0n) is 18.3. The third kappa shape index (κ3) is 5.96. The van der Waals surface area contributed by atoms with Crippen LogP contribution in [-0.2, 0) is 19.0 Å². The first-order valence-electron chi connectivity index (χ1n) is 10.7.